The van der Waals surface area contributed by atoms with Crippen molar-refractivity contribution in [3.8, 4) is 0 Å². The number of benzene rings is 1. The average Bonchev–Trinajstić information content (AvgIpc) is 3.01. The number of hydrogen-bond acceptors (Lipinski definition) is 4. The van der Waals surface area contributed by atoms with Crippen molar-refractivity contribution in [1.82, 2.24) is 10.2 Å². The molecule has 2 aromatic rings. The van der Waals surface area contributed by atoms with Gasteiger partial charge in [-0.25, -0.2) is 0 Å². The number of carbonyl (C=O) groups is 1. The number of hydrogen-bond donors (Lipinski definition) is 2. The van der Waals surface area contributed by atoms with Crippen LogP contribution in [0.3, 0.4) is 0 Å². The van der Waals surface area contributed by atoms with Crippen molar-refractivity contribution in [2.75, 3.05) is 20.6 Å². The summed E-state index contributed by atoms with van der Waals surface area (Å²) in [5, 5.41) is 2.89. The third-order valence-electron chi connectivity index (χ3n) is 3.41. The maximum Gasteiger partial charge on any atom is 0.241 e. The number of nitrogens with one attached hydrogen (secondary N) is 1. The fourth-order valence-electron chi connectivity index (χ4n) is 2.14. The van der Waals surface area contributed by atoms with Gasteiger partial charge in [0.1, 0.15) is 11.8 Å². The van der Waals surface area contributed by atoms with E-state index >= 15 is 0 Å². The lowest BCUT2D eigenvalue weighted by molar-refractivity contribution is -0.122. The van der Waals surface area contributed by atoms with Crippen LogP contribution in [0.2, 0.25) is 0 Å². The number of nitrogens with two attached hydrogens (primary N) is 1. The summed E-state index contributed by atoms with van der Waals surface area (Å²) in [6, 6.07) is 12.4. The number of nitrogens with zero attached hydrogens (tertiary/aromatic N) is 1. The minimum absolute atomic E-state index is 0.0214. The quantitative estimate of drug-likeness (QED) is 0.848. The molecule has 2 unspecified atom stereocenters. The molecule has 3 N–H and O–H groups in total. The Balaban J connectivity index is 1.96. The number of rotatable bonds is 6. The third-order valence-corrected chi connectivity index (χ3v) is 3.41. The second kappa shape index (κ2) is 7.06. The molecule has 0 aliphatic rings. The van der Waals surface area contributed by atoms with E-state index in [1.807, 2.05) is 61.5 Å². The molecule has 21 heavy (non-hydrogen) atoms. The third kappa shape index (κ3) is 3.93. The molecule has 1 amide bonds. The van der Waals surface area contributed by atoms with Crippen molar-refractivity contribution >= 4 is 5.91 Å². The molecule has 0 radical (unpaired) electrons. The molecule has 0 saturated carbocycles. The fraction of sp³-hybridized carbons (Fsp3) is 0.312. The van der Waals surface area contributed by atoms with Crippen LogP contribution >= 0.6 is 0 Å². The number of amides is 1. The highest BCUT2D eigenvalue weighted by atomic mass is 16.3. The van der Waals surface area contributed by atoms with Gasteiger partial charge in [0.05, 0.1) is 12.3 Å². The Morgan fingerprint density at radius 2 is 1.95 bits per heavy atom. The predicted molar refractivity (Wildman–Crippen MR) is 81.5 cm³/mol. The normalized spacial score (nSPS) is 13.9. The van der Waals surface area contributed by atoms with Crippen molar-refractivity contribution in [3.05, 3.63) is 60.1 Å². The molecule has 1 aromatic carbocycles. The zero-order chi connectivity index (χ0) is 15.2. The second-order valence-corrected chi connectivity index (χ2v) is 5.13. The van der Waals surface area contributed by atoms with Gasteiger partial charge in [-0.1, -0.05) is 30.3 Å². The molecule has 0 fully saturated rings. The summed E-state index contributed by atoms with van der Waals surface area (Å²) in [4.78, 5) is 14.1. The highest BCUT2D eigenvalue weighted by molar-refractivity contribution is 5.82. The Labute approximate surface area is 124 Å². The van der Waals surface area contributed by atoms with Crippen LogP contribution < -0.4 is 11.1 Å². The zero-order valence-electron chi connectivity index (χ0n) is 12.3. The molecular weight excluding hydrogens is 266 g/mol. The van der Waals surface area contributed by atoms with Gasteiger partial charge in [0.15, 0.2) is 0 Å². The Morgan fingerprint density at radius 1 is 1.24 bits per heavy atom. The summed E-state index contributed by atoms with van der Waals surface area (Å²) in [6.45, 7) is 0.444. The molecule has 2 rings (SSSR count). The molecule has 0 spiro atoms. The average molecular weight is 287 g/mol. The van der Waals surface area contributed by atoms with Gasteiger partial charge in [0.2, 0.25) is 5.91 Å². The molecular formula is C16H21N3O2. The van der Waals surface area contributed by atoms with Gasteiger partial charge in [-0.3, -0.25) is 9.69 Å². The second-order valence-electron chi connectivity index (χ2n) is 5.13. The minimum atomic E-state index is -0.661. The topological polar surface area (TPSA) is 71.5 Å². The lowest BCUT2D eigenvalue weighted by Gasteiger charge is -2.23. The number of furan rings is 1. The summed E-state index contributed by atoms with van der Waals surface area (Å²) in [7, 11) is 3.88. The molecule has 1 heterocycles. The van der Waals surface area contributed by atoms with Gasteiger partial charge in [0.25, 0.3) is 0 Å². The molecule has 0 aliphatic carbocycles. The molecule has 0 saturated heterocycles. The Bertz CT molecular complexity index is 552. The van der Waals surface area contributed by atoms with Gasteiger partial charge in [-0.2, -0.15) is 0 Å². The van der Waals surface area contributed by atoms with Crippen LogP contribution in [0.4, 0.5) is 0 Å². The van der Waals surface area contributed by atoms with Crippen LogP contribution in [0.15, 0.2) is 53.1 Å². The summed E-state index contributed by atoms with van der Waals surface area (Å²) >= 11 is 0. The Kier molecular flexibility index (Phi) is 5.14. The molecule has 112 valence electrons. The summed E-state index contributed by atoms with van der Waals surface area (Å²) < 4.78 is 5.41. The van der Waals surface area contributed by atoms with Crippen LogP contribution in [0.5, 0.6) is 0 Å². The predicted octanol–water partition coefficient (Wildman–Crippen LogP) is 1.70. The maximum atomic E-state index is 12.2. The van der Waals surface area contributed by atoms with Crippen LogP contribution in [0, 0.1) is 0 Å². The summed E-state index contributed by atoms with van der Waals surface area (Å²) in [6.07, 6.45) is 1.63. The van der Waals surface area contributed by atoms with Crippen molar-refractivity contribution in [3.63, 3.8) is 0 Å². The highest BCUT2D eigenvalue weighted by Crippen LogP contribution is 2.18. The van der Waals surface area contributed by atoms with Crippen LogP contribution in [0.25, 0.3) is 0 Å². The van der Waals surface area contributed by atoms with Gasteiger partial charge in [0, 0.05) is 6.54 Å². The zero-order valence-corrected chi connectivity index (χ0v) is 12.3. The van der Waals surface area contributed by atoms with Gasteiger partial charge in [-0.15, -0.1) is 0 Å². The first-order valence-corrected chi connectivity index (χ1v) is 6.87. The monoisotopic (exact) mass is 287 g/mol. The fourth-order valence-corrected chi connectivity index (χ4v) is 2.14. The van der Waals surface area contributed by atoms with Gasteiger partial charge >= 0.3 is 0 Å². The maximum absolute atomic E-state index is 12.2. The molecule has 0 bridgehead atoms. The number of likely N-dealkylation sites (N-methyl/N-ethyl adjacent to an activating group) is 1. The first-order chi connectivity index (χ1) is 10.1. The van der Waals surface area contributed by atoms with E-state index < -0.39 is 6.04 Å². The Morgan fingerprint density at radius 3 is 2.52 bits per heavy atom. The first-order valence-electron chi connectivity index (χ1n) is 6.87. The SMILES string of the molecule is CN(C)C(CNC(=O)C(N)c1ccccc1)c1ccco1. The van der Waals surface area contributed by atoms with Crippen LogP contribution in [-0.4, -0.2) is 31.4 Å². The summed E-state index contributed by atoms with van der Waals surface area (Å²) in [5.41, 5.74) is 6.77. The first kappa shape index (κ1) is 15.3. The highest BCUT2D eigenvalue weighted by Gasteiger charge is 2.20. The standard InChI is InChI=1S/C16H21N3O2/c1-19(2)13(14-9-6-10-21-14)11-18-16(20)15(17)12-7-4-3-5-8-12/h3-10,13,15H,11,17H2,1-2H3,(H,18,20). The summed E-state index contributed by atoms with van der Waals surface area (Å²) in [5.74, 6) is 0.619. The van der Waals surface area contributed by atoms with Crippen LogP contribution in [-0.2, 0) is 4.79 Å². The van der Waals surface area contributed by atoms with E-state index in [4.69, 9.17) is 10.2 Å². The van der Waals surface area contributed by atoms with E-state index in [1.165, 1.54) is 0 Å². The molecule has 5 heteroatoms. The minimum Gasteiger partial charge on any atom is -0.468 e. The molecule has 0 aliphatic heterocycles. The van der Waals surface area contributed by atoms with Crippen molar-refractivity contribution in [2.24, 2.45) is 5.73 Å². The van der Waals surface area contributed by atoms with E-state index in [0.29, 0.717) is 6.54 Å². The number of carbonyl (C=O) groups excluding carboxylic acids is 1. The van der Waals surface area contributed by atoms with Crippen molar-refractivity contribution in [1.29, 1.82) is 0 Å². The van der Waals surface area contributed by atoms with Gasteiger partial charge in [-0.05, 0) is 31.8 Å². The van der Waals surface area contributed by atoms with Crippen molar-refractivity contribution < 1.29 is 9.21 Å². The van der Waals surface area contributed by atoms with Crippen LogP contribution in [0.1, 0.15) is 23.4 Å². The van der Waals surface area contributed by atoms with Crippen molar-refractivity contribution in [2.45, 2.75) is 12.1 Å². The van der Waals surface area contributed by atoms with E-state index in [9.17, 15) is 4.79 Å². The van der Waals surface area contributed by atoms with E-state index in [0.717, 1.165) is 11.3 Å². The lowest BCUT2D eigenvalue weighted by atomic mass is 10.1. The van der Waals surface area contributed by atoms with Gasteiger partial charge < -0.3 is 15.5 Å². The lowest BCUT2D eigenvalue weighted by Crippen LogP contribution is -2.39. The molecule has 2 atom stereocenters. The van der Waals surface area contributed by atoms with E-state index in [-0.39, 0.29) is 11.9 Å². The largest absolute Gasteiger partial charge is 0.468 e. The molecule has 1 aromatic heterocycles. The smallest absolute Gasteiger partial charge is 0.241 e. The molecule has 5 nitrogen and oxygen atoms in total. The van der Waals surface area contributed by atoms with E-state index in [1.54, 1.807) is 6.26 Å². The van der Waals surface area contributed by atoms with E-state index in [2.05, 4.69) is 5.32 Å². The Hall–Kier alpha value is -2.11.